The highest BCUT2D eigenvalue weighted by molar-refractivity contribution is 8.18. The molecule has 2 aromatic rings. The molecule has 0 bridgehead atoms. The number of anilines is 1. The van der Waals surface area contributed by atoms with Gasteiger partial charge in [-0.25, -0.2) is 0 Å². The van der Waals surface area contributed by atoms with Crippen molar-refractivity contribution in [2.45, 2.75) is 0 Å². The molecular weight excluding hydrogens is 416 g/mol. The van der Waals surface area contributed by atoms with E-state index in [0.29, 0.717) is 27.8 Å². The van der Waals surface area contributed by atoms with Gasteiger partial charge in [0.1, 0.15) is 6.54 Å². The molecule has 0 unspecified atom stereocenters. The lowest BCUT2D eigenvalue weighted by molar-refractivity contribution is -0.127. The smallest absolute Gasteiger partial charge is 0.294 e. The molecule has 1 heterocycles. The minimum Gasteiger partial charge on any atom is -0.493 e. The number of rotatable bonds is 6. The van der Waals surface area contributed by atoms with E-state index in [0.717, 1.165) is 16.7 Å². The molecule has 1 aliphatic heterocycles. The summed E-state index contributed by atoms with van der Waals surface area (Å²) in [6.07, 6.45) is 1.57. The summed E-state index contributed by atoms with van der Waals surface area (Å²) in [7, 11) is 3.03. The van der Waals surface area contributed by atoms with Crippen LogP contribution in [-0.2, 0) is 9.59 Å². The average Bonchev–Trinajstić information content (AvgIpc) is 2.97. The number of carbonyl (C=O) groups is 3. The molecule has 3 amide bonds. The number of hydrogen-bond donors (Lipinski definition) is 1. The van der Waals surface area contributed by atoms with Crippen LogP contribution in [0.25, 0.3) is 6.08 Å². The number of thioether (sulfide) groups is 1. The molecule has 2 aromatic carbocycles. The number of ether oxygens (including phenoxy) is 2. The Morgan fingerprint density at radius 2 is 1.79 bits per heavy atom. The number of halogens is 1. The quantitative estimate of drug-likeness (QED) is 0.693. The van der Waals surface area contributed by atoms with E-state index in [2.05, 4.69) is 5.32 Å². The molecule has 0 aromatic heterocycles. The first-order valence-corrected chi connectivity index (χ1v) is 9.63. The number of carbonyl (C=O) groups excluding carboxylic acids is 3. The molecule has 0 radical (unpaired) electrons. The van der Waals surface area contributed by atoms with Gasteiger partial charge in [-0.05, 0) is 59.8 Å². The lowest BCUT2D eigenvalue weighted by Crippen LogP contribution is -2.36. The fraction of sp³-hybridized carbons (Fsp3) is 0.150. The Hall–Kier alpha value is -2.97. The molecule has 0 atom stereocenters. The summed E-state index contributed by atoms with van der Waals surface area (Å²) >= 11 is 6.59. The van der Waals surface area contributed by atoms with Crippen LogP contribution in [0.2, 0.25) is 5.02 Å². The molecule has 7 nitrogen and oxygen atoms in total. The third-order valence-electron chi connectivity index (χ3n) is 4.01. The van der Waals surface area contributed by atoms with Crippen molar-refractivity contribution in [2.24, 2.45) is 0 Å². The molecule has 0 saturated carbocycles. The Morgan fingerprint density at radius 3 is 2.45 bits per heavy atom. The van der Waals surface area contributed by atoms with Crippen molar-refractivity contribution in [3.63, 3.8) is 0 Å². The van der Waals surface area contributed by atoms with Crippen molar-refractivity contribution in [3.05, 3.63) is 58.0 Å². The molecule has 1 aliphatic rings. The predicted molar refractivity (Wildman–Crippen MR) is 112 cm³/mol. The van der Waals surface area contributed by atoms with Crippen molar-refractivity contribution in [1.82, 2.24) is 4.90 Å². The normalized spacial score (nSPS) is 15.0. The van der Waals surface area contributed by atoms with Gasteiger partial charge in [0.05, 0.1) is 19.1 Å². The van der Waals surface area contributed by atoms with Crippen molar-refractivity contribution in [3.8, 4) is 11.5 Å². The molecule has 1 saturated heterocycles. The fourth-order valence-electron chi connectivity index (χ4n) is 2.61. The summed E-state index contributed by atoms with van der Waals surface area (Å²) in [6.45, 7) is -0.378. The Labute approximate surface area is 176 Å². The first-order chi connectivity index (χ1) is 13.9. The average molecular weight is 433 g/mol. The first kappa shape index (κ1) is 20.8. The molecular formula is C20H17ClN2O5S. The standard InChI is InChI=1S/C20H17ClN2O5S/c1-27-15-8-3-12(9-16(15)28-2)10-17-19(25)23(20(26)29-17)11-18(24)22-14-6-4-13(21)5-7-14/h3-10H,11H2,1-2H3,(H,22,24)/b17-10-. The summed E-state index contributed by atoms with van der Waals surface area (Å²) in [6, 6.07) is 11.7. The van der Waals surface area contributed by atoms with Gasteiger partial charge in [-0.3, -0.25) is 19.3 Å². The highest BCUT2D eigenvalue weighted by Gasteiger charge is 2.36. The minimum absolute atomic E-state index is 0.224. The van der Waals surface area contributed by atoms with Gasteiger partial charge >= 0.3 is 0 Å². The Bertz CT molecular complexity index is 991. The maximum atomic E-state index is 12.6. The number of imide groups is 1. The van der Waals surface area contributed by atoms with Gasteiger partial charge in [-0.15, -0.1) is 0 Å². The number of benzene rings is 2. The number of methoxy groups -OCH3 is 2. The second-order valence-corrected chi connectivity index (χ2v) is 7.37. The maximum Gasteiger partial charge on any atom is 0.294 e. The molecule has 1 fully saturated rings. The largest absolute Gasteiger partial charge is 0.493 e. The van der Waals surface area contributed by atoms with Gasteiger partial charge in [0.15, 0.2) is 11.5 Å². The van der Waals surface area contributed by atoms with Crippen LogP contribution in [0.1, 0.15) is 5.56 Å². The molecule has 150 valence electrons. The molecule has 9 heteroatoms. The van der Waals surface area contributed by atoms with Crippen molar-refractivity contribution in [1.29, 1.82) is 0 Å². The topological polar surface area (TPSA) is 84.9 Å². The SMILES string of the molecule is COc1ccc(/C=C2\SC(=O)N(CC(=O)Nc3ccc(Cl)cc3)C2=O)cc1OC. The lowest BCUT2D eigenvalue weighted by atomic mass is 10.2. The van der Waals surface area contributed by atoms with E-state index in [4.69, 9.17) is 21.1 Å². The zero-order valence-electron chi connectivity index (χ0n) is 15.6. The third-order valence-corrected chi connectivity index (χ3v) is 5.17. The summed E-state index contributed by atoms with van der Waals surface area (Å²) in [4.78, 5) is 38.2. The molecule has 3 rings (SSSR count). The first-order valence-electron chi connectivity index (χ1n) is 8.44. The minimum atomic E-state index is -0.527. The summed E-state index contributed by atoms with van der Waals surface area (Å²) < 4.78 is 10.4. The summed E-state index contributed by atoms with van der Waals surface area (Å²) in [5.41, 5.74) is 1.19. The van der Waals surface area contributed by atoms with Crippen LogP contribution in [0.15, 0.2) is 47.4 Å². The Kier molecular flexibility index (Phi) is 6.46. The number of hydrogen-bond acceptors (Lipinski definition) is 6. The van der Waals surface area contributed by atoms with Crippen molar-refractivity contribution >= 4 is 52.2 Å². The van der Waals surface area contributed by atoms with E-state index < -0.39 is 17.1 Å². The zero-order chi connectivity index (χ0) is 21.0. The maximum absolute atomic E-state index is 12.6. The highest BCUT2D eigenvalue weighted by Crippen LogP contribution is 2.34. The van der Waals surface area contributed by atoms with Gasteiger partial charge in [0.25, 0.3) is 11.1 Å². The van der Waals surface area contributed by atoms with Crippen molar-refractivity contribution in [2.75, 3.05) is 26.1 Å². The van der Waals surface area contributed by atoms with E-state index in [9.17, 15) is 14.4 Å². The van der Waals surface area contributed by atoms with Crippen LogP contribution < -0.4 is 14.8 Å². The van der Waals surface area contributed by atoms with Gasteiger partial charge < -0.3 is 14.8 Å². The third kappa shape index (κ3) is 4.90. The Morgan fingerprint density at radius 1 is 1.10 bits per heavy atom. The van der Waals surface area contributed by atoms with Gasteiger partial charge in [-0.1, -0.05) is 17.7 Å². The van der Waals surface area contributed by atoms with Crippen LogP contribution >= 0.6 is 23.4 Å². The van der Waals surface area contributed by atoms with Crippen molar-refractivity contribution < 1.29 is 23.9 Å². The van der Waals surface area contributed by atoms with Gasteiger partial charge in [0, 0.05) is 10.7 Å². The lowest BCUT2D eigenvalue weighted by Gasteiger charge is -2.12. The number of nitrogens with one attached hydrogen (secondary N) is 1. The number of amides is 3. The summed E-state index contributed by atoms with van der Waals surface area (Å²) in [5.74, 6) is 0.0440. The van der Waals surface area contributed by atoms with Crippen LogP contribution in [0.5, 0.6) is 11.5 Å². The zero-order valence-corrected chi connectivity index (χ0v) is 17.2. The van der Waals surface area contributed by atoms with Crippen LogP contribution in [0.3, 0.4) is 0 Å². The van der Waals surface area contributed by atoms with E-state index >= 15 is 0 Å². The van der Waals surface area contributed by atoms with E-state index in [1.165, 1.54) is 14.2 Å². The monoisotopic (exact) mass is 432 g/mol. The fourth-order valence-corrected chi connectivity index (χ4v) is 3.57. The molecule has 0 spiro atoms. The van der Waals surface area contributed by atoms with Crippen LogP contribution in [0.4, 0.5) is 10.5 Å². The Balaban J connectivity index is 1.71. The van der Waals surface area contributed by atoms with Gasteiger partial charge in [-0.2, -0.15) is 0 Å². The molecule has 29 heavy (non-hydrogen) atoms. The van der Waals surface area contributed by atoms with E-state index in [-0.39, 0.29) is 11.4 Å². The summed E-state index contributed by atoms with van der Waals surface area (Å²) in [5, 5.41) is 2.66. The molecule has 1 N–H and O–H groups in total. The van der Waals surface area contributed by atoms with Gasteiger partial charge in [0.2, 0.25) is 5.91 Å². The predicted octanol–water partition coefficient (Wildman–Crippen LogP) is 4.03. The second-order valence-electron chi connectivity index (χ2n) is 5.94. The highest BCUT2D eigenvalue weighted by atomic mass is 35.5. The van der Waals surface area contributed by atoms with Crippen LogP contribution in [0, 0.1) is 0 Å². The van der Waals surface area contributed by atoms with E-state index in [1.54, 1.807) is 48.5 Å². The number of nitrogens with zero attached hydrogens (tertiary/aromatic N) is 1. The molecule has 0 aliphatic carbocycles. The second kappa shape index (κ2) is 9.02. The van der Waals surface area contributed by atoms with E-state index in [1.807, 2.05) is 0 Å². The van der Waals surface area contributed by atoms with Crippen LogP contribution in [-0.4, -0.2) is 42.7 Å².